The predicted octanol–water partition coefficient (Wildman–Crippen LogP) is 4.64. The normalized spacial score (nSPS) is 15.8. The number of thiazole rings is 1. The zero-order valence-corrected chi connectivity index (χ0v) is 23.6. The predicted molar refractivity (Wildman–Crippen MR) is 152 cm³/mol. The average Bonchev–Trinajstić information content (AvgIpc) is 3.55. The molecule has 14 heteroatoms. The summed E-state index contributed by atoms with van der Waals surface area (Å²) in [5.74, 6) is -0.285. The number of aryl methyl sites for hydroxylation is 1. The molecule has 0 spiro atoms. The minimum Gasteiger partial charge on any atom is -0.483 e. The van der Waals surface area contributed by atoms with E-state index in [0.29, 0.717) is 33.0 Å². The van der Waals surface area contributed by atoms with Gasteiger partial charge < -0.3 is 24.1 Å². The number of fused-ring (bicyclic) bond motifs is 4. The number of carbonyl (C=O) groups is 1. The molecule has 3 aromatic heterocycles. The summed E-state index contributed by atoms with van der Waals surface area (Å²) in [4.78, 5) is 34.1. The molecule has 12 nitrogen and oxygen atoms in total. The lowest BCUT2D eigenvalue weighted by Crippen LogP contribution is -2.27. The molecule has 1 amide bonds. The van der Waals surface area contributed by atoms with Crippen molar-refractivity contribution >= 4 is 44.4 Å². The van der Waals surface area contributed by atoms with E-state index in [0.717, 1.165) is 15.8 Å². The fourth-order valence-electron chi connectivity index (χ4n) is 4.72. The summed E-state index contributed by atoms with van der Waals surface area (Å²) >= 11 is 1.42. The van der Waals surface area contributed by atoms with Gasteiger partial charge >= 0.3 is 12.1 Å². The maximum atomic E-state index is 15.2. The third-order valence-corrected chi connectivity index (χ3v) is 7.83. The van der Waals surface area contributed by atoms with Crippen LogP contribution in [0.2, 0.25) is 0 Å². The van der Waals surface area contributed by atoms with Crippen LogP contribution in [0.4, 0.5) is 14.9 Å². The van der Waals surface area contributed by atoms with Crippen LogP contribution in [-0.4, -0.2) is 69.2 Å². The van der Waals surface area contributed by atoms with Gasteiger partial charge in [-0.2, -0.15) is 0 Å². The highest BCUT2D eigenvalue weighted by molar-refractivity contribution is 7.22. The van der Waals surface area contributed by atoms with E-state index in [2.05, 4.69) is 25.3 Å². The van der Waals surface area contributed by atoms with E-state index in [1.54, 1.807) is 6.20 Å². The molecule has 0 aliphatic carbocycles. The van der Waals surface area contributed by atoms with Crippen molar-refractivity contribution in [2.45, 2.75) is 25.9 Å². The largest absolute Gasteiger partial charge is 0.483 e. The first kappa shape index (κ1) is 27.5. The van der Waals surface area contributed by atoms with E-state index >= 15 is 4.39 Å². The maximum absolute atomic E-state index is 15.2. The van der Waals surface area contributed by atoms with Gasteiger partial charge in [-0.05, 0) is 24.6 Å². The molecule has 1 aliphatic rings. The average molecular weight is 593 g/mol. The van der Waals surface area contributed by atoms with Crippen LogP contribution in [0.25, 0.3) is 31.8 Å². The lowest BCUT2D eigenvalue weighted by atomic mass is 9.97. The number of hydrogen-bond donors (Lipinski definition) is 2. The van der Waals surface area contributed by atoms with Gasteiger partial charge in [0.05, 0.1) is 59.2 Å². The van der Waals surface area contributed by atoms with E-state index in [1.165, 1.54) is 36.9 Å². The van der Waals surface area contributed by atoms with Crippen LogP contribution in [0.15, 0.2) is 36.8 Å². The highest BCUT2D eigenvalue weighted by Gasteiger charge is 2.37. The molecule has 216 valence electrons. The van der Waals surface area contributed by atoms with E-state index in [-0.39, 0.29) is 43.2 Å². The van der Waals surface area contributed by atoms with Crippen molar-refractivity contribution in [3.63, 3.8) is 0 Å². The Morgan fingerprint density at radius 1 is 1.14 bits per heavy atom. The molecule has 1 aliphatic heterocycles. The number of anilines is 1. The summed E-state index contributed by atoms with van der Waals surface area (Å²) < 4.78 is 37.7. The molecule has 0 saturated heterocycles. The molecule has 42 heavy (non-hydrogen) atoms. The Labute approximate surface area is 242 Å². The number of aromatic nitrogens is 5. The van der Waals surface area contributed by atoms with Gasteiger partial charge in [0.15, 0.2) is 11.6 Å². The van der Waals surface area contributed by atoms with E-state index < -0.39 is 18.0 Å². The van der Waals surface area contributed by atoms with Crippen molar-refractivity contribution in [3.8, 4) is 28.2 Å². The van der Waals surface area contributed by atoms with E-state index in [1.807, 2.05) is 26.0 Å². The Bertz CT molecular complexity index is 1800. The number of nitrogens with one attached hydrogen (secondary N) is 1. The highest BCUT2D eigenvalue weighted by Crippen LogP contribution is 2.48. The summed E-state index contributed by atoms with van der Waals surface area (Å²) in [7, 11) is 1.54. The molecule has 6 rings (SSSR count). The van der Waals surface area contributed by atoms with Crippen LogP contribution in [-0.2, 0) is 4.74 Å². The van der Waals surface area contributed by atoms with Crippen LogP contribution in [0.5, 0.6) is 17.6 Å². The Hall–Kier alpha value is -4.69. The number of hydrogen-bond acceptors (Lipinski definition) is 12. The molecular formula is C28H25FN6O6S. The van der Waals surface area contributed by atoms with E-state index in [9.17, 15) is 4.79 Å². The smallest absolute Gasteiger partial charge is 0.411 e. The molecule has 2 aromatic carbocycles. The number of aliphatic hydroxyl groups is 1. The maximum Gasteiger partial charge on any atom is 0.411 e. The van der Waals surface area contributed by atoms with Gasteiger partial charge in [0.1, 0.15) is 24.3 Å². The number of nitrogens with zero attached hydrogens (tertiary/aromatic N) is 5. The van der Waals surface area contributed by atoms with E-state index in [4.69, 9.17) is 29.0 Å². The minimum atomic E-state index is -0.746. The summed E-state index contributed by atoms with van der Waals surface area (Å²) in [6, 6.07) is 5.33. The number of carbonyl (C=O) groups excluding carboxylic acids is 1. The lowest BCUT2D eigenvalue weighted by Gasteiger charge is -2.15. The number of halogens is 1. The van der Waals surface area contributed by atoms with Crippen molar-refractivity contribution < 1.29 is 33.2 Å². The third-order valence-electron chi connectivity index (χ3n) is 6.69. The minimum absolute atomic E-state index is 0.0552. The van der Waals surface area contributed by atoms with Gasteiger partial charge in [-0.1, -0.05) is 6.92 Å². The first-order valence-electron chi connectivity index (χ1n) is 13.0. The monoisotopic (exact) mass is 592 g/mol. The second-order valence-corrected chi connectivity index (χ2v) is 10.6. The van der Waals surface area contributed by atoms with Gasteiger partial charge in [0, 0.05) is 23.1 Å². The lowest BCUT2D eigenvalue weighted by molar-refractivity contribution is 0.0907. The topological polar surface area (TPSA) is 151 Å². The highest BCUT2D eigenvalue weighted by atomic mass is 32.1. The molecule has 0 saturated carbocycles. The molecule has 2 atom stereocenters. The molecule has 5 aromatic rings. The Morgan fingerprint density at radius 2 is 1.95 bits per heavy atom. The number of aliphatic hydroxyl groups excluding tert-OH is 1. The summed E-state index contributed by atoms with van der Waals surface area (Å²) in [5.41, 5.74) is 4.57. The van der Waals surface area contributed by atoms with Crippen LogP contribution < -0.4 is 19.5 Å². The number of benzene rings is 2. The zero-order valence-electron chi connectivity index (χ0n) is 22.8. The molecule has 4 heterocycles. The molecule has 0 unspecified atom stereocenters. The number of amides is 1. The molecule has 0 fully saturated rings. The van der Waals surface area contributed by atoms with Crippen molar-refractivity contribution in [1.82, 2.24) is 24.9 Å². The molecular weight excluding hydrogens is 567 g/mol. The molecule has 2 N–H and O–H groups in total. The van der Waals surface area contributed by atoms with Crippen LogP contribution >= 0.6 is 11.3 Å². The second kappa shape index (κ2) is 11.3. The number of rotatable bonds is 8. The second-order valence-electron chi connectivity index (χ2n) is 9.56. The third kappa shape index (κ3) is 5.21. The first-order valence-corrected chi connectivity index (χ1v) is 13.8. The SMILES string of the molecule is COc1cnc2c(-c3nc4cc(F)c5c(c4s3)[C@@H](C)[C@H](COC(=O)Nc3cnc(OCCO)nc3)O5)cc(C)cc2n1. The van der Waals surface area contributed by atoms with Crippen LogP contribution in [0, 0.1) is 12.7 Å². The first-order chi connectivity index (χ1) is 20.3. The fraction of sp³-hybridized carbons (Fsp3) is 0.286. The number of methoxy groups -OCH3 is 1. The summed E-state index contributed by atoms with van der Waals surface area (Å²) in [6.45, 7) is 3.62. The summed E-state index contributed by atoms with van der Waals surface area (Å²) in [6.07, 6.45) is 2.89. The summed E-state index contributed by atoms with van der Waals surface area (Å²) in [5, 5.41) is 12.0. The van der Waals surface area contributed by atoms with Gasteiger partial charge in [-0.25, -0.2) is 34.1 Å². The van der Waals surface area contributed by atoms with Gasteiger partial charge in [-0.3, -0.25) is 5.32 Å². The van der Waals surface area contributed by atoms with Crippen molar-refractivity contribution in [2.24, 2.45) is 0 Å². The molecule has 0 bridgehead atoms. The van der Waals surface area contributed by atoms with Crippen LogP contribution in [0.3, 0.4) is 0 Å². The van der Waals surface area contributed by atoms with Gasteiger partial charge in [0.25, 0.3) is 0 Å². The van der Waals surface area contributed by atoms with Crippen molar-refractivity contribution in [3.05, 3.63) is 53.7 Å². The van der Waals surface area contributed by atoms with Crippen molar-refractivity contribution in [1.29, 1.82) is 0 Å². The Morgan fingerprint density at radius 3 is 2.71 bits per heavy atom. The zero-order chi connectivity index (χ0) is 29.4. The quantitative estimate of drug-likeness (QED) is 0.259. The van der Waals surface area contributed by atoms with Crippen LogP contribution in [0.1, 0.15) is 24.0 Å². The fourth-order valence-corrected chi connectivity index (χ4v) is 5.92. The Balaban J connectivity index is 1.21. The van der Waals surface area contributed by atoms with Gasteiger partial charge in [0.2, 0.25) is 5.88 Å². The van der Waals surface area contributed by atoms with Gasteiger partial charge in [-0.15, -0.1) is 11.3 Å². The number of ether oxygens (including phenoxy) is 4. The standard InChI is InChI=1S/C28H25FN6O6S/c1-13-6-16(23-18(7-13)34-21(38-3)11-30-23)26-35-19-8-17(29)24-22(25(19)42-26)14(2)20(41-24)12-40-28(37)33-15-9-31-27(32-10-15)39-5-4-36/h6-11,14,20,36H,4-5,12H2,1-3H3,(H,33,37)/t14-,20-/m0/s1. The van der Waals surface area contributed by atoms with Crippen molar-refractivity contribution in [2.75, 3.05) is 32.2 Å². The molecule has 0 radical (unpaired) electrons. The Kier molecular flexibility index (Phi) is 7.39.